The molecule has 4 N–H and O–H groups in total. The summed E-state index contributed by atoms with van der Waals surface area (Å²) in [5.41, 5.74) is 6.37. The molecule has 1 aromatic carbocycles. The van der Waals surface area contributed by atoms with Crippen LogP contribution in [0.2, 0.25) is 0 Å². The summed E-state index contributed by atoms with van der Waals surface area (Å²) in [7, 11) is 0. The number of carbonyl (C=O) groups is 1. The molecule has 1 rings (SSSR count). The van der Waals surface area contributed by atoms with Crippen molar-refractivity contribution in [2.75, 3.05) is 0 Å². The zero-order valence-electron chi connectivity index (χ0n) is 8.77. The van der Waals surface area contributed by atoms with Crippen LogP contribution >= 0.6 is 0 Å². The van der Waals surface area contributed by atoms with Gasteiger partial charge in [-0.2, -0.15) is 0 Å². The lowest BCUT2D eigenvalue weighted by Gasteiger charge is -2.17. The molecule has 0 saturated heterocycles. The van der Waals surface area contributed by atoms with Crippen molar-refractivity contribution in [1.82, 2.24) is 0 Å². The Morgan fingerprint density at radius 1 is 1.27 bits per heavy atom. The van der Waals surface area contributed by atoms with Crippen molar-refractivity contribution in [3.8, 4) is 0 Å². The van der Waals surface area contributed by atoms with Crippen LogP contribution in [-0.4, -0.2) is 16.1 Å². The maximum atomic E-state index is 11.1. The van der Waals surface area contributed by atoms with E-state index in [-0.39, 0.29) is 5.56 Å². The largest absolute Gasteiger partial charge is 0.389 e. The van der Waals surface area contributed by atoms with Gasteiger partial charge in [0, 0.05) is 5.56 Å². The molecule has 4 heteroatoms. The fraction of sp³-hybridized carbons (Fsp3) is 0.364. The first-order valence-electron chi connectivity index (χ1n) is 4.74. The molecule has 0 aromatic heterocycles. The molecule has 0 heterocycles. The summed E-state index contributed by atoms with van der Waals surface area (Å²) >= 11 is 0. The standard InChI is InChI=1S/C11H15NO3/c1-6(13)8-4-3-5-9(11(12)15)10(8)7(2)14/h3-7,13-14H,1-2H3,(H2,12,15). The Bertz CT molecular complexity index is 372. The topological polar surface area (TPSA) is 83.5 Å². The molecule has 2 unspecified atom stereocenters. The Morgan fingerprint density at radius 3 is 2.27 bits per heavy atom. The van der Waals surface area contributed by atoms with Gasteiger partial charge >= 0.3 is 0 Å². The van der Waals surface area contributed by atoms with Crippen LogP contribution in [-0.2, 0) is 0 Å². The van der Waals surface area contributed by atoms with E-state index in [2.05, 4.69) is 0 Å². The highest BCUT2D eigenvalue weighted by molar-refractivity contribution is 5.94. The number of carbonyl (C=O) groups excluding carboxylic acids is 1. The van der Waals surface area contributed by atoms with Crippen LogP contribution in [0.25, 0.3) is 0 Å². The fourth-order valence-electron chi connectivity index (χ4n) is 1.63. The Kier molecular flexibility index (Phi) is 3.44. The van der Waals surface area contributed by atoms with Crippen LogP contribution < -0.4 is 5.73 Å². The molecular formula is C11H15NO3. The maximum Gasteiger partial charge on any atom is 0.249 e. The number of primary amides is 1. The lowest BCUT2D eigenvalue weighted by molar-refractivity contribution is 0.0992. The first kappa shape index (κ1) is 11.7. The molecule has 0 aliphatic carbocycles. The van der Waals surface area contributed by atoms with Gasteiger partial charge in [0.15, 0.2) is 0 Å². The number of nitrogens with two attached hydrogens (primary N) is 1. The summed E-state index contributed by atoms with van der Waals surface area (Å²) in [5, 5.41) is 19.1. The predicted molar refractivity (Wildman–Crippen MR) is 56.2 cm³/mol. The average molecular weight is 209 g/mol. The van der Waals surface area contributed by atoms with Crippen molar-refractivity contribution in [1.29, 1.82) is 0 Å². The van der Waals surface area contributed by atoms with E-state index in [0.29, 0.717) is 11.1 Å². The van der Waals surface area contributed by atoms with E-state index in [1.807, 2.05) is 0 Å². The summed E-state index contributed by atoms with van der Waals surface area (Å²) < 4.78 is 0. The molecule has 0 aliphatic heterocycles. The number of rotatable bonds is 3. The molecule has 82 valence electrons. The van der Waals surface area contributed by atoms with Crippen LogP contribution in [0.15, 0.2) is 18.2 Å². The Balaban J connectivity index is 3.42. The highest BCUT2D eigenvalue weighted by Crippen LogP contribution is 2.26. The molecular weight excluding hydrogens is 194 g/mol. The number of benzene rings is 1. The SMILES string of the molecule is CC(O)c1cccc(C(N)=O)c1C(C)O. The highest BCUT2D eigenvalue weighted by atomic mass is 16.3. The summed E-state index contributed by atoms with van der Waals surface area (Å²) in [6.45, 7) is 3.11. The van der Waals surface area contributed by atoms with Gasteiger partial charge in [0.2, 0.25) is 5.91 Å². The third-order valence-electron chi connectivity index (χ3n) is 2.27. The van der Waals surface area contributed by atoms with Gasteiger partial charge in [0.25, 0.3) is 0 Å². The van der Waals surface area contributed by atoms with E-state index in [4.69, 9.17) is 5.73 Å². The average Bonchev–Trinajstić information content (AvgIpc) is 2.16. The minimum atomic E-state index is -0.835. The summed E-state index contributed by atoms with van der Waals surface area (Å²) in [4.78, 5) is 11.1. The lowest BCUT2D eigenvalue weighted by Crippen LogP contribution is -2.17. The molecule has 0 aliphatic rings. The third-order valence-corrected chi connectivity index (χ3v) is 2.27. The number of aliphatic hydroxyl groups excluding tert-OH is 2. The van der Waals surface area contributed by atoms with Gasteiger partial charge in [-0.25, -0.2) is 0 Å². The zero-order chi connectivity index (χ0) is 11.6. The van der Waals surface area contributed by atoms with Crippen molar-refractivity contribution < 1.29 is 15.0 Å². The molecule has 0 bridgehead atoms. The van der Waals surface area contributed by atoms with Gasteiger partial charge in [-0.05, 0) is 31.0 Å². The van der Waals surface area contributed by atoms with Crippen molar-refractivity contribution in [3.63, 3.8) is 0 Å². The monoisotopic (exact) mass is 209 g/mol. The van der Waals surface area contributed by atoms with Crippen LogP contribution in [0.3, 0.4) is 0 Å². The number of hydrogen-bond donors (Lipinski definition) is 3. The maximum absolute atomic E-state index is 11.1. The molecule has 0 fully saturated rings. The normalized spacial score (nSPS) is 14.7. The van der Waals surface area contributed by atoms with E-state index >= 15 is 0 Å². The Morgan fingerprint density at radius 2 is 1.87 bits per heavy atom. The Labute approximate surface area is 88.3 Å². The van der Waals surface area contributed by atoms with Gasteiger partial charge in [-0.3, -0.25) is 4.79 Å². The van der Waals surface area contributed by atoms with Crippen molar-refractivity contribution in [2.45, 2.75) is 26.1 Å². The molecule has 1 amide bonds. The van der Waals surface area contributed by atoms with Crippen molar-refractivity contribution >= 4 is 5.91 Å². The minimum Gasteiger partial charge on any atom is -0.389 e. The van der Waals surface area contributed by atoms with E-state index in [1.54, 1.807) is 19.1 Å². The number of amides is 1. The summed E-state index contributed by atoms with van der Waals surface area (Å²) in [6, 6.07) is 4.84. The highest BCUT2D eigenvalue weighted by Gasteiger charge is 2.18. The third kappa shape index (κ3) is 2.34. The van der Waals surface area contributed by atoms with E-state index in [1.165, 1.54) is 13.0 Å². The van der Waals surface area contributed by atoms with Crippen LogP contribution in [0.4, 0.5) is 0 Å². The first-order valence-corrected chi connectivity index (χ1v) is 4.74. The van der Waals surface area contributed by atoms with Crippen LogP contribution in [0.5, 0.6) is 0 Å². The molecule has 0 radical (unpaired) electrons. The van der Waals surface area contributed by atoms with E-state index in [0.717, 1.165) is 0 Å². The van der Waals surface area contributed by atoms with E-state index < -0.39 is 18.1 Å². The summed E-state index contributed by atoms with van der Waals surface area (Å²) in [6.07, 6.45) is -1.58. The fourth-order valence-corrected chi connectivity index (χ4v) is 1.63. The smallest absolute Gasteiger partial charge is 0.249 e. The second-order valence-electron chi connectivity index (χ2n) is 3.52. The zero-order valence-corrected chi connectivity index (χ0v) is 8.77. The second kappa shape index (κ2) is 4.42. The Hall–Kier alpha value is -1.39. The molecule has 2 atom stereocenters. The minimum absolute atomic E-state index is 0.253. The summed E-state index contributed by atoms with van der Waals surface area (Å²) in [5.74, 6) is -0.603. The van der Waals surface area contributed by atoms with Crippen LogP contribution in [0, 0.1) is 0 Å². The first-order chi connectivity index (χ1) is 6.95. The van der Waals surface area contributed by atoms with Gasteiger partial charge in [-0.1, -0.05) is 12.1 Å². The van der Waals surface area contributed by atoms with Gasteiger partial charge in [0.1, 0.15) is 0 Å². The predicted octanol–water partition coefficient (Wildman–Crippen LogP) is 0.892. The van der Waals surface area contributed by atoms with E-state index in [9.17, 15) is 15.0 Å². The quantitative estimate of drug-likeness (QED) is 0.691. The van der Waals surface area contributed by atoms with Gasteiger partial charge in [-0.15, -0.1) is 0 Å². The van der Waals surface area contributed by atoms with Crippen molar-refractivity contribution in [2.24, 2.45) is 5.73 Å². The lowest BCUT2D eigenvalue weighted by atomic mass is 9.94. The van der Waals surface area contributed by atoms with Gasteiger partial charge < -0.3 is 15.9 Å². The molecule has 1 aromatic rings. The molecule has 0 saturated carbocycles. The number of aliphatic hydroxyl groups is 2. The van der Waals surface area contributed by atoms with Crippen LogP contribution in [0.1, 0.15) is 47.5 Å². The number of hydrogen-bond acceptors (Lipinski definition) is 3. The molecule has 0 spiro atoms. The molecule has 15 heavy (non-hydrogen) atoms. The van der Waals surface area contributed by atoms with Crippen molar-refractivity contribution in [3.05, 3.63) is 34.9 Å². The second-order valence-corrected chi connectivity index (χ2v) is 3.52. The van der Waals surface area contributed by atoms with Gasteiger partial charge in [0.05, 0.1) is 12.2 Å². The molecule has 4 nitrogen and oxygen atoms in total.